The molecule has 2 N–H and O–H groups in total. The lowest BCUT2D eigenvalue weighted by molar-refractivity contribution is 0.0145. The van der Waals surface area contributed by atoms with Crippen molar-refractivity contribution in [3.05, 3.63) is 29.6 Å². The molecule has 2 unspecified atom stereocenters. The summed E-state index contributed by atoms with van der Waals surface area (Å²) in [7, 11) is 0. The fourth-order valence-corrected chi connectivity index (χ4v) is 1.87. The number of ether oxygens (including phenoxy) is 1. The third kappa shape index (κ3) is 4.04. The van der Waals surface area contributed by atoms with Crippen LogP contribution in [0.15, 0.2) is 18.2 Å². The molecular formula is C12H16BrNO4. The lowest BCUT2D eigenvalue weighted by Gasteiger charge is -2.16. The van der Waals surface area contributed by atoms with Crippen LogP contribution in [0.2, 0.25) is 0 Å². The Morgan fingerprint density at radius 1 is 1.50 bits per heavy atom. The number of aliphatic hydroxyl groups is 2. The second kappa shape index (κ2) is 7.45. The number of halogens is 1. The largest absolute Gasteiger partial charge is 0.461 e. The van der Waals surface area contributed by atoms with Crippen LogP contribution in [0.4, 0.5) is 0 Å². The predicted molar refractivity (Wildman–Crippen MR) is 69.6 cm³/mol. The second-order valence-electron chi connectivity index (χ2n) is 3.66. The number of aromatic nitrogens is 1. The molecule has 2 atom stereocenters. The Kier molecular flexibility index (Phi) is 6.24. The van der Waals surface area contributed by atoms with E-state index in [9.17, 15) is 15.0 Å². The Hall–Kier alpha value is -0.980. The first-order chi connectivity index (χ1) is 8.60. The molecule has 0 aliphatic carbocycles. The van der Waals surface area contributed by atoms with Gasteiger partial charge in [0.25, 0.3) is 0 Å². The number of nitrogens with zero attached hydrogens (tertiary/aromatic N) is 1. The predicted octanol–water partition coefficient (Wildman–Crippen LogP) is 1.44. The molecular weight excluding hydrogens is 302 g/mol. The number of carbonyl (C=O) groups excluding carboxylic acids is 1. The zero-order valence-electron chi connectivity index (χ0n) is 10.0. The highest BCUT2D eigenvalue weighted by molar-refractivity contribution is 9.09. The summed E-state index contributed by atoms with van der Waals surface area (Å²) in [5, 5.41) is 20.1. The van der Waals surface area contributed by atoms with E-state index in [0.717, 1.165) is 0 Å². The minimum atomic E-state index is -1.11. The normalized spacial score (nSPS) is 14.0. The van der Waals surface area contributed by atoms with Crippen LogP contribution in [0, 0.1) is 0 Å². The van der Waals surface area contributed by atoms with Crippen molar-refractivity contribution in [2.75, 3.05) is 11.9 Å². The van der Waals surface area contributed by atoms with Crippen molar-refractivity contribution in [1.82, 2.24) is 4.98 Å². The average molecular weight is 318 g/mol. The van der Waals surface area contributed by atoms with Gasteiger partial charge in [-0.15, -0.1) is 0 Å². The van der Waals surface area contributed by atoms with Gasteiger partial charge in [0, 0.05) is 5.33 Å². The molecule has 0 saturated heterocycles. The summed E-state index contributed by atoms with van der Waals surface area (Å²) < 4.78 is 4.82. The molecule has 0 bridgehead atoms. The molecule has 0 aromatic carbocycles. The van der Waals surface area contributed by atoms with Gasteiger partial charge in [-0.25, -0.2) is 9.78 Å². The van der Waals surface area contributed by atoms with E-state index in [1.807, 2.05) is 0 Å². The number of aliphatic hydroxyl groups excluding tert-OH is 2. The molecule has 0 fully saturated rings. The third-order valence-corrected chi connectivity index (χ3v) is 2.79. The maximum absolute atomic E-state index is 11.5. The molecule has 0 saturated carbocycles. The minimum Gasteiger partial charge on any atom is -0.461 e. The van der Waals surface area contributed by atoms with E-state index in [1.165, 1.54) is 6.07 Å². The van der Waals surface area contributed by atoms with E-state index < -0.39 is 18.2 Å². The lowest BCUT2D eigenvalue weighted by atomic mass is 10.1. The zero-order valence-corrected chi connectivity index (χ0v) is 11.6. The highest BCUT2D eigenvalue weighted by Gasteiger charge is 2.20. The summed E-state index contributed by atoms with van der Waals surface area (Å²) in [6.07, 6.45) is -1.64. The average Bonchev–Trinajstić information content (AvgIpc) is 2.38. The maximum atomic E-state index is 11.5. The van der Waals surface area contributed by atoms with Gasteiger partial charge in [0.2, 0.25) is 0 Å². The van der Waals surface area contributed by atoms with E-state index >= 15 is 0 Å². The quantitative estimate of drug-likeness (QED) is 0.613. The van der Waals surface area contributed by atoms with Crippen LogP contribution in [0.1, 0.15) is 35.6 Å². The molecule has 0 aliphatic heterocycles. The molecule has 0 radical (unpaired) electrons. The Morgan fingerprint density at radius 2 is 2.22 bits per heavy atom. The first-order valence-electron chi connectivity index (χ1n) is 5.66. The summed E-state index contributed by atoms with van der Waals surface area (Å²) in [6, 6.07) is 4.66. The smallest absolute Gasteiger partial charge is 0.356 e. The van der Waals surface area contributed by atoms with Crippen molar-refractivity contribution in [3.8, 4) is 0 Å². The number of esters is 1. The van der Waals surface area contributed by atoms with Gasteiger partial charge in [0.05, 0.1) is 18.4 Å². The molecule has 1 rings (SSSR count). The van der Waals surface area contributed by atoms with E-state index in [1.54, 1.807) is 19.1 Å². The molecule has 1 heterocycles. The fraction of sp³-hybridized carbons (Fsp3) is 0.500. The summed E-state index contributed by atoms with van der Waals surface area (Å²) in [6.45, 7) is 1.97. The number of alkyl halides is 1. The van der Waals surface area contributed by atoms with Crippen molar-refractivity contribution >= 4 is 21.9 Å². The molecule has 1 aromatic rings. The van der Waals surface area contributed by atoms with Gasteiger partial charge in [-0.1, -0.05) is 22.0 Å². The monoisotopic (exact) mass is 317 g/mol. The molecule has 5 nitrogen and oxygen atoms in total. The Balaban J connectivity index is 2.84. The van der Waals surface area contributed by atoms with Crippen LogP contribution in [-0.2, 0) is 4.74 Å². The Morgan fingerprint density at radius 3 is 2.83 bits per heavy atom. The van der Waals surface area contributed by atoms with Gasteiger partial charge in [0.1, 0.15) is 11.8 Å². The van der Waals surface area contributed by atoms with Gasteiger partial charge < -0.3 is 14.9 Å². The molecule has 0 aliphatic rings. The molecule has 1 aromatic heterocycles. The van der Waals surface area contributed by atoms with Crippen LogP contribution < -0.4 is 0 Å². The van der Waals surface area contributed by atoms with E-state index in [-0.39, 0.29) is 18.0 Å². The van der Waals surface area contributed by atoms with Gasteiger partial charge in [0.15, 0.2) is 0 Å². The van der Waals surface area contributed by atoms with E-state index in [4.69, 9.17) is 4.74 Å². The number of hydrogen-bond donors (Lipinski definition) is 2. The number of pyridine rings is 1. The van der Waals surface area contributed by atoms with Crippen molar-refractivity contribution in [2.45, 2.75) is 25.6 Å². The van der Waals surface area contributed by atoms with Crippen LogP contribution in [-0.4, -0.2) is 39.2 Å². The molecule has 0 amide bonds. The highest BCUT2D eigenvalue weighted by Crippen LogP contribution is 2.18. The minimum absolute atomic E-state index is 0.124. The van der Waals surface area contributed by atoms with Gasteiger partial charge >= 0.3 is 5.97 Å². The van der Waals surface area contributed by atoms with Crippen molar-refractivity contribution < 1.29 is 19.7 Å². The first-order valence-corrected chi connectivity index (χ1v) is 6.78. The van der Waals surface area contributed by atoms with Crippen LogP contribution >= 0.6 is 15.9 Å². The standard InChI is InChI=1S/C12H16BrNO4/c1-2-18-12(17)9-5-3-4-8(14-9)11(16)10(15)6-7-13/h3-5,10-11,15-16H,2,6-7H2,1H3. The van der Waals surface area contributed by atoms with Gasteiger partial charge in [-0.2, -0.15) is 0 Å². The Labute approximate surface area is 114 Å². The SMILES string of the molecule is CCOC(=O)c1cccc(C(O)C(O)CCBr)n1. The molecule has 6 heteroatoms. The molecule has 0 spiro atoms. The molecule has 18 heavy (non-hydrogen) atoms. The fourth-order valence-electron chi connectivity index (χ4n) is 1.40. The summed E-state index contributed by atoms with van der Waals surface area (Å²) in [5.41, 5.74) is 0.383. The van der Waals surface area contributed by atoms with Crippen LogP contribution in [0.3, 0.4) is 0 Å². The Bertz CT molecular complexity index is 399. The van der Waals surface area contributed by atoms with Crippen molar-refractivity contribution in [1.29, 1.82) is 0 Å². The van der Waals surface area contributed by atoms with Crippen LogP contribution in [0.5, 0.6) is 0 Å². The lowest BCUT2D eigenvalue weighted by Crippen LogP contribution is -2.20. The number of hydrogen-bond acceptors (Lipinski definition) is 5. The van der Waals surface area contributed by atoms with Gasteiger partial charge in [-0.3, -0.25) is 0 Å². The zero-order chi connectivity index (χ0) is 13.5. The van der Waals surface area contributed by atoms with Gasteiger partial charge in [-0.05, 0) is 25.5 Å². The van der Waals surface area contributed by atoms with E-state index in [0.29, 0.717) is 11.8 Å². The first kappa shape index (κ1) is 15.1. The third-order valence-electron chi connectivity index (χ3n) is 2.33. The number of rotatable bonds is 6. The van der Waals surface area contributed by atoms with Crippen molar-refractivity contribution in [3.63, 3.8) is 0 Å². The summed E-state index contributed by atoms with van der Waals surface area (Å²) >= 11 is 3.18. The topological polar surface area (TPSA) is 79.7 Å². The van der Waals surface area contributed by atoms with Crippen molar-refractivity contribution in [2.24, 2.45) is 0 Å². The highest BCUT2D eigenvalue weighted by atomic mass is 79.9. The molecule has 100 valence electrons. The summed E-state index contributed by atoms with van der Waals surface area (Å²) in [4.78, 5) is 15.5. The maximum Gasteiger partial charge on any atom is 0.356 e. The van der Waals surface area contributed by atoms with E-state index in [2.05, 4.69) is 20.9 Å². The number of carbonyl (C=O) groups is 1. The van der Waals surface area contributed by atoms with Crippen LogP contribution in [0.25, 0.3) is 0 Å². The summed E-state index contributed by atoms with van der Waals surface area (Å²) in [5.74, 6) is -0.540. The second-order valence-corrected chi connectivity index (χ2v) is 4.45.